The van der Waals surface area contributed by atoms with Crippen molar-refractivity contribution in [2.24, 2.45) is 11.7 Å². The van der Waals surface area contributed by atoms with Crippen molar-refractivity contribution in [1.29, 1.82) is 0 Å². The van der Waals surface area contributed by atoms with Crippen LogP contribution in [0.5, 0.6) is 0 Å². The normalized spacial score (nSPS) is 16.6. The average Bonchev–Trinajstić information content (AvgIpc) is 2.66. The minimum absolute atomic E-state index is 0. The summed E-state index contributed by atoms with van der Waals surface area (Å²) in [5, 5.41) is 36.5. The highest BCUT2D eigenvalue weighted by Gasteiger charge is 2.45. The summed E-state index contributed by atoms with van der Waals surface area (Å²) in [5.74, 6) is -1.76. The van der Waals surface area contributed by atoms with Crippen LogP contribution in [0.1, 0.15) is 54.4 Å². The van der Waals surface area contributed by atoms with Crippen LogP contribution in [0.4, 0.5) is 0 Å². The van der Waals surface area contributed by atoms with Crippen LogP contribution in [0, 0.1) is 5.92 Å². The van der Waals surface area contributed by atoms with Gasteiger partial charge in [-0.25, -0.2) is 4.79 Å². The maximum atomic E-state index is 11.1. The highest BCUT2D eigenvalue weighted by atomic mass is 35.5. The maximum absolute atomic E-state index is 11.1. The molecule has 11 heteroatoms. The molecule has 1 aliphatic heterocycles. The SMILES string of the molecule is Cl.Cl.NC(CCCCC1CCN(Cc2cccc(C(=O)O)c2)CC1)(B(O)O)C(=O)O. The molecule has 1 unspecified atom stereocenters. The van der Waals surface area contributed by atoms with Crippen LogP contribution >= 0.6 is 24.8 Å². The fourth-order valence-electron chi connectivity index (χ4n) is 3.69. The minimum Gasteiger partial charge on any atom is -0.480 e. The first-order valence-electron chi connectivity index (χ1n) is 9.65. The third-order valence-electron chi connectivity index (χ3n) is 5.60. The largest absolute Gasteiger partial charge is 0.484 e. The first-order valence-corrected chi connectivity index (χ1v) is 9.65. The van der Waals surface area contributed by atoms with Crippen LogP contribution in [0.25, 0.3) is 0 Å². The highest BCUT2D eigenvalue weighted by molar-refractivity contribution is 6.51. The van der Waals surface area contributed by atoms with Gasteiger partial charge in [0.1, 0.15) is 5.44 Å². The number of aromatic carboxylic acids is 1. The van der Waals surface area contributed by atoms with Gasteiger partial charge in [0.2, 0.25) is 0 Å². The van der Waals surface area contributed by atoms with E-state index in [1.807, 2.05) is 6.07 Å². The number of aliphatic carboxylic acids is 1. The van der Waals surface area contributed by atoms with E-state index in [1.165, 1.54) is 0 Å². The molecule has 170 valence electrons. The number of carboxylic acids is 2. The van der Waals surface area contributed by atoms with E-state index in [-0.39, 0.29) is 31.2 Å². The molecule has 1 aromatic rings. The Kier molecular flexibility index (Phi) is 12.5. The molecule has 2 rings (SSSR count). The number of hydrogen-bond donors (Lipinski definition) is 5. The Hall–Kier alpha value is -1.36. The summed E-state index contributed by atoms with van der Waals surface area (Å²) in [4.78, 5) is 24.5. The maximum Gasteiger partial charge on any atom is 0.484 e. The van der Waals surface area contributed by atoms with Gasteiger partial charge >= 0.3 is 19.1 Å². The van der Waals surface area contributed by atoms with E-state index in [9.17, 15) is 19.6 Å². The number of nitrogens with zero attached hydrogens (tertiary/aromatic N) is 1. The van der Waals surface area contributed by atoms with Crippen LogP contribution in [-0.2, 0) is 11.3 Å². The molecular weight excluding hydrogens is 434 g/mol. The van der Waals surface area contributed by atoms with E-state index in [0.29, 0.717) is 17.9 Å². The molecule has 1 heterocycles. The number of piperidine rings is 1. The molecule has 1 aromatic carbocycles. The fraction of sp³-hybridized carbons (Fsp3) is 0.579. The second kappa shape index (κ2) is 13.1. The Balaban J connectivity index is 0.00000420. The Morgan fingerprint density at radius 1 is 1.13 bits per heavy atom. The van der Waals surface area contributed by atoms with Gasteiger partial charge in [-0.2, -0.15) is 0 Å². The Morgan fingerprint density at radius 3 is 2.30 bits per heavy atom. The highest BCUT2D eigenvalue weighted by Crippen LogP contribution is 2.25. The lowest BCUT2D eigenvalue weighted by Gasteiger charge is -2.32. The second-order valence-electron chi connectivity index (χ2n) is 7.69. The molecule has 0 aromatic heterocycles. The zero-order chi connectivity index (χ0) is 20.7. The van der Waals surface area contributed by atoms with Gasteiger partial charge in [-0.05, 0) is 56.0 Å². The summed E-state index contributed by atoms with van der Waals surface area (Å²) < 4.78 is 0. The van der Waals surface area contributed by atoms with Crippen LogP contribution in [0.2, 0.25) is 0 Å². The predicted octanol–water partition coefficient (Wildman–Crippen LogP) is 1.79. The molecule has 0 saturated carbocycles. The van der Waals surface area contributed by atoms with E-state index in [1.54, 1.807) is 18.2 Å². The van der Waals surface area contributed by atoms with Crippen LogP contribution < -0.4 is 5.73 Å². The molecule has 1 fully saturated rings. The molecular formula is C19H31BCl2N2O6. The third kappa shape index (κ3) is 8.05. The average molecular weight is 465 g/mol. The summed E-state index contributed by atoms with van der Waals surface area (Å²) in [7, 11) is -2.08. The monoisotopic (exact) mass is 464 g/mol. The molecule has 1 aliphatic rings. The van der Waals surface area contributed by atoms with E-state index in [4.69, 9.17) is 15.9 Å². The zero-order valence-corrected chi connectivity index (χ0v) is 18.4. The van der Waals surface area contributed by atoms with E-state index in [0.717, 1.165) is 50.9 Å². The quantitative estimate of drug-likeness (QED) is 0.260. The van der Waals surface area contributed by atoms with Gasteiger partial charge in [0.05, 0.1) is 5.56 Å². The molecule has 8 nitrogen and oxygen atoms in total. The number of likely N-dealkylation sites (tertiary alicyclic amines) is 1. The van der Waals surface area contributed by atoms with Crippen molar-refractivity contribution in [2.75, 3.05) is 13.1 Å². The Labute approximate surface area is 189 Å². The molecule has 0 aliphatic carbocycles. The van der Waals surface area contributed by atoms with Crippen molar-refractivity contribution in [3.8, 4) is 0 Å². The summed E-state index contributed by atoms with van der Waals surface area (Å²) >= 11 is 0. The number of carboxylic acid groups (broad SMARTS) is 2. The van der Waals surface area contributed by atoms with Crippen LogP contribution in [0.3, 0.4) is 0 Å². The first-order chi connectivity index (χ1) is 13.2. The van der Waals surface area contributed by atoms with Crippen molar-refractivity contribution in [3.05, 3.63) is 35.4 Å². The van der Waals surface area contributed by atoms with Crippen molar-refractivity contribution >= 4 is 43.9 Å². The summed E-state index contributed by atoms with van der Waals surface area (Å²) in [6.07, 6.45) is 4.38. The number of carbonyl (C=O) groups is 2. The molecule has 0 amide bonds. The van der Waals surface area contributed by atoms with E-state index >= 15 is 0 Å². The number of hydrogen-bond acceptors (Lipinski definition) is 6. The van der Waals surface area contributed by atoms with Crippen LogP contribution in [0.15, 0.2) is 24.3 Å². The summed E-state index contributed by atoms with van der Waals surface area (Å²) in [6.45, 7) is 2.61. The second-order valence-corrected chi connectivity index (χ2v) is 7.69. The molecule has 6 N–H and O–H groups in total. The van der Waals surface area contributed by atoms with Crippen molar-refractivity contribution in [1.82, 2.24) is 4.90 Å². The first kappa shape index (κ1) is 28.6. The summed E-state index contributed by atoms with van der Waals surface area (Å²) in [6, 6.07) is 7.01. The Bertz CT molecular complexity index is 689. The Morgan fingerprint density at radius 2 is 1.77 bits per heavy atom. The topological polar surface area (TPSA) is 144 Å². The number of rotatable bonds is 10. The molecule has 0 radical (unpaired) electrons. The van der Waals surface area contributed by atoms with Gasteiger partial charge in [-0.1, -0.05) is 31.4 Å². The molecule has 1 saturated heterocycles. The summed E-state index contributed by atoms with van der Waals surface area (Å²) in [5.41, 5.74) is 4.87. The minimum atomic E-state index is -2.08. The zero-order valence-electron chi connectivity index (χ0n) is 16.8. The van der Waals surface area contributed by atoms with Crippen molar-refractivity contribution < 1.29 is 29.9 Å². The standard InChI is InChI=1S/C19H29BN2O6.2ClH/c21-19(18(25)26,20(27)28)9-2-1-4-14-7-10-22(11-8-14)13-15-5-3-6-16(12-15)17(23)24;;/h3,5-6,12,14,27-28H,1-2,4,7-11,13,21H2,(H,23,24)(H,25,26);2*1H. The molecule has 0 spiro atoms. The number of benzene rings is 1. The van der Waals surface area contributed by atoms with Gasteiger partial charge in [0.15, 0.2) is 0 Å². The van der Waals surface area contributed by atoms with E-state index < -0.39 is 24.5 Å². The lowest BCUT2D eigenvalue weighted by molar-refractivity contribution is -0.141. The van der Waals surface area contributed by atoms with Crippen LogP contribution in [-0.4, -0.2) is 62.7 Å². The van der Waals surface area contributed by atoms with Gasteiger partial charge in [0.25, 0.3) is 0 Å². The molecule has 30 heavy (non-hydrogen) atoms. The number of nitrogens with two attached hydrogens (primary N) is 1. The fourth-order valence-corrected chi connectivity index (χ4v) is 3.69. The third-order valence-corrected chi connectivity index (χ3v) is 5.60. The van der Waals surface area contributed by atoms with Gasteiger partial charge in [-0.15, -0.1) is 24.8 Å². The smallest absolute Gasteiger partial charge is 0.480 e. The number of halogens is 2. The predicted molar refractivity (Wildman–Crippen MR) is 119 cm³/mol. The van der Waals surface area contributed by atoms with Gasteiger partial charge < -0.3 is 26.0 Å². The molecule has 0 bridgehead atoms. The van der Waals surface area contributed by atoms with Gasteiger partial charge in [0, 0.05) is 6.54 Å². The lowest BCUT2D eigenvalue weighted by atomic mass is 9.63. The molecule has 1 atom stereocenters. The van der Waals surface area contributed by atoms with Crippen molar-refractivity contribution in [2.45, 2.75) is 50.5 Å². The number of unbranched alkanes of at least 4 members (excludes halogenated alkanes) is 1. The van der Waals surface area contributed by atoms with Crippen molar-refractivity contribution in [3.63, 3.8) is 0 Å². The van der Waals surface area contributed by atoms with Gasteiger partial charge in [-0.3, -0.25) is 9.69 Å². The lowest BCUT2D eigenvalue weighted by Crippen LogP contribution is -2.60. The van der Waals surface area contributed by atoms with E-state index in [2.05, 4.69) is 4.90 Å².